The number of ether oxygens (including phenoxy) is 2. The molecule has 0 atom stereocenters. The van der Waals surface area contributed by atoms with Gasteiger partial charge in [0.05, 0.1) is 11.4 Å². The summed E-state index contributed by atoms with van der Waals surface area (Å²) < 4.78 is 10.9. The maximum absolute atomic E-state index is 13.5. The molecule has 2 heterocycles. The Morgan fingerprint density at radius 3 is 2.51 bits per heavy atom. The van der Waals surface area contributed by atoms with Gasteiger partial charge in [-0.05, 0) is 91.7 Å². The summed E-state index contributed by atoms with van der Waals surface area (Å²) in [6.45, 7) is 3.70. The third-order valence-electron chi connectivity index (χ3n) is 8.35. The van der Waals surface area contributed by atoms with Crippen LogP contribution in [0.1, 0.15) is 54.4 Å². The first-order valence-corrected chi connectivity index (χ1v) is 14.8. The first-order valence-electron chi connectivity index (χ1n) is 14.8. The first kappa shape index (κ1) is 27.1. The van der Waals surface area contributed by atoms with Crippen LogP contribution in [0.3, 0.4) is 0 Å². The Kier molecular flexibility index (Phi) is 8.09. The van der Waals surface area contributed by atoms with Crippen molar-refractivity contribution in [2.24, 2.45) is 11.7 Å². The largest absolute Gasteiger partial charge is 0.454 e. The molecule has 2 amide bonds. The Balaban J connectivity index is 1.24. The summed E-state index contributed by atoms with van der Waals surface area (Å²) >= 11 is 0. The smallest absolute Gasteiger partial charge is 0.254 e. The van der Waals surface area contributed by atoms with Gasteiger partial charge in [-0.2, -0.15) is 0 Å². The number of rotatable bonds is 10. The van der Waals surface area contributed by atoms with Gasteiger partial charge in [0, 0.05) is 37.7 Å². The molecule has 3 aromatic carbocycles. The average Bonchev–Trinajstić information content (AvgIpc) is 3.66. The summed E-state index contributed by atoms with van der Waals surface area (Å²) in [4.78, 5) is 30.7. The summed E-state index contributed by atoms with van der Waals surface area (Å²) in [6, 6.07) is 20.0. The summed E-state index contributed by atoms with van der Waals surface area (Å²) in [5.41, 5.74) is 11.5. The van der Waals surface area contributed by atoms with Crippen LogP contribution in [0.5, 0.6) is 11.5 Å². The van der Waals surface area contributed by atoms with E-state index in [4.69, 9.17) is 15.2 Å². The molecular weight excluding hydrogens is 516 g/mol. The molecule has 1 saturated carbocycles. The molecule has 3 aromatic rings. The highest BCUT2D eigenvalue weighted by Crippen LogP contribution is 2.36. The standard InChI is InChI=1S/C33H38N4O4/c34-14-5-17-37(33(39)27-11-13-30-31(20-27)41-22-40-30)21-23-6-3-9-25(18-23)26-10-12-29(36-15-1-2-16-36)28(19-26)35-32(38)24-7-4-8-24/h3,6,9-13,18-20,24H,1-2,4-5,7-8,14-17,21-22,34H2,(H,35,38). The Morgan fingerprint density at radius 2 is 1.73 bits per heavy atom. The van der Waals surface area contributed by atoms with Crippen molar-refractivity contribution < 1.29 is 19.1 Å². The molecule has 3 aliphatic rings. The summed E-state index contributed by atoms with van der Waals surface area (Å²) in [5.74, 6) is 1.42. The first-order chi connectivity index (χ1) is 20.1. The van der Waals surface area contributed by atoms with Crippen molar-refractivity contribution >= 4 is 23.2 Å². The topological polar surface area (TPSA) is 97.1 Å². The van der Waals surface area contributed by atoms with E-state index in [1.807, 2.05) is 17.0 Å². The van der Waals surface area contributed by atoms with Crippen molar-refractivity contribution in [1.29, 1.82) is 0 Å². The maximum Gasteiger partial charge on any atom is 0.254 e. The van der Waals surface area contributed by atoms with Crippen LogP contribution < -0.4 is 25.4 Å². The average molecular weight is 555 g/mol. The zero-order valence-corrected chi connectivity index (χ0v) is 23.4. The predicted molar refractivity (Wildman–Crippen MR) is 160 cm³/mol. The fourth-order valence-corrected chi connectivity index (χ4v) is 5.77. The molecule has 6 rings (SSSR count). The highest BCUT2D eigenvalue weighted by Gasteiger charge is 2.27. The van der Waals surface area contributed by atoms with Crippen molar-refractivity contribution in [3.8, 4) is 22.6 Å². The van der Waals surface area contributed by atoms with E-state index in [-0.39, 0.29) is 24.5 Å². The van der Waals surface area contributed by atoms with Gasteiger partial charge in [0.15, 0.2) is 11.5 Å². The number of nitrogens with one attached hydrogen (secondary N) is 1. The fourth-order valence-electron chi connectivity index (χ4n) is 5.77. The number of benzene rings is 3. The number of carbonyl (C=O) groups is 2. The molecule has 1 aliphatic carbocycles. The molecule has 0 unspecified atom stereocenters. The molecule has 0 spiro atoms. The summed E-state index contributed by atoms with van der Waals surface area (Å²) in [7, 11) is 0. The minimum absolute atomic E-state index is 0.0712. The van der Waals surface area contributed by atoms with Gasteiger partial charge in [0.1, 0.15) is 0 Å². The lowest BCUT2D eigenvalue weighted by atomic mass is 9.85. The van der Waals surface area contributed by atoms with Crippen molar-refractivity contribution in [2.75, 3.05) is 43.2 Å². The second-order valence-corrected chi connectivity index (χ2v) is 11.2. The highest BCUT2D eigenvalue weighted by atomic mass is 16.7. The van der Waals surface area contributed by atoms with Crippen LogP contribution in [-0.4, -0.2) is 49.7 Å². The van der Waals surface area contributed by atoms with E-state index in [9.17, 15) is 9.59 Å². The zero-order chi connectivity index (χ0) is 28.2. The van der Waals surface area contributed by atoms with Gasteiger partial charge >= 0.3 is 0 Å². The van der Waals surface area contributed by atoms with Crippen LogP contribution in [0, 0.1) is 5.92 Å². The number of amides is 2. The van der Waals surface area contributed by atoms with Crippen LogP contribution in [0.2, 0.25) is 0 Å². The van der Waals surface area contributed by atoms with Crippen molar-refractivity contribution in [1.82, 2.24) is 4.90 Å². The number of nitrogens with two attached hydrogens (primary N) is 1. The number of fused-ring (bicyclic) bond motifs is 1. The van der Waals surface area contributed by atoms with E-state index < -0.39 is 0 Å². The van der Waals surface area contributed by atoms with Gasteiger partial charge in [-0.3, -0.25) is 9.59 Å². The van der Waals surface area contributed by atoms with Crippen LogP contribution in [-0.2, 0) is 11.3 Å². The van der Waals surface area contributed by atoms with E-state index in [0.717, 1.165) is 60.4 Å². The third kappa shape index (κ3) is 6.03. The lowest BCUT2D eigenvalue weighted by Gasteiger charge is -2.27. The van der Waals surface area contributed by atoms with Crippen LogP contribution in [0.4, 0.5) is 11.4 Å². The molecule has 2 aliphatic heterocycles. The van der Waals surface area contributed by atoms with E-state index in [1.54, 1.807) is 18.2 Å². The summed E-state index contributed by atoms with van der Waals surface area (Å²) in [5, 5.41) is 3.26. The predicted octanol–water partition coefficient (Wildman–Crippen LogP) is 5.41. The number of hydrogen-bond donors (Lipinski definition) is 2. The van der Waals surface area contributed by atoms with Gasteiger partial charge in [0.2, 0.25) is 12.7 Å². The lowest BCUT2D eigenvalue weighted by Crippen LogP contribution is -2.32. The van der Waals surface area contributed by atoms with Crippen molar-refractivity contribution in [2.45, 2.75) is 45.1 Å². The fraction of sp³-hybridized carbons (Fsp3) is 0.394. The molecule has 214 valence electrons. The third-order valence-corrected chi connectivity index (χ3v) is 8.35. The second kappa shape index (κ2) is 12.2. The van der Waals surface area contributed by atoms with Crippen LogP contribution in [0.25, 0.3) is 11.1 Å². The van der Waals surface area contributed by atoms with Gasteiger partial charge in [-0.1, -0.05) is 30.7 Å². The highest BCUT2D eigenvalue weighted by molar-refractivity contribution is 5.97. The number of anilines is 2. The van der Waals surface area contributed by atoms with Gasteiger partial charge in [-0.15, -0.1) is 0 Å². The van der Waals surface area contributed by atoms with E-state index in [1.165, 1.54) is 12.8 Å². The number of hydrogen-bond acceptors (Lipinski definition) is 6. The normalized spacial score (nSPS) is 16.0. The molecule has 8 nitrogen and oxygen atoms in total. The van der Waals surface area contributed by atoms with Crippen LogP contribution in [0.15, 0.2) is 60.7 Å². The molecule has 0 bridgehead atoms. The van der Waals surface area contributed by atoms with E-state index >= 15 is 0 Å². The van der Waals surface area contributed by atoms with E-state index in [2.05, 4.69) is 40.5 Å². The van der Waals surface area contributed by atoms with E-state index in [0.29, 0.717) is 43.1 Å². The second-order valence-electron chi connectivity index (χ2n) is 11.2. The minimum Gasteiger partial charge on any atom is -0.454 e. The SMILES string of the molecule is NCCCN(Cc1cccc(-c2ccc(N3CCCC3)c(NC(=O)C3CCC3)c2)c1)C(=O)c1ccc2c(c1)OCO2. The Bertz CT molecular complexity index is 1410. The molecule has 2 fully saturated rings. The minimum atomic E-state index is -0.0712. The molecular formula is C33H38N4O4. The monoisotopic (exact) mass is 554 g/mol. The van der Waals surface area contributed by atoms with Gasteiger partial charge in [-0.25, -0.2) is 0 Å². The number of nitrogens with zero attached hydrogens (tertiary/aromatic N) is 2. The molecule has 41 heavy (non-hydrogen) atoms. The Morgan fingerprint density at radius 1 is 0.927 bits per heavy atom. The Hall–Kier alpha value is -4.04. The molecule has 3 N–H and O–H groups in total. The quantitative estimate of drug-likeness (QED) is 0.348. The molecule has 0 aromatic heterocycles. The molecule has 8 heteroatoms. The van der Waals surface area contributed by atoms with Crippen molar-refractivity contribution in [3.05, 3.63) is 71.8 Å². The number of carbonyl (C=O) groups excluding carboxylic acids is 2. The lowest BCUT2D eigenvalue weighted by molar-refractivity contribution is -0.122. The van der Waals surface area contributed by atoms with Gasteiger partial charge in [0.25, 0.3) is 5.91 Å². The van der Waals surface area contributed by atoms with Crippen LogP contribution >= 0.6 is 0 Å². The Labute approximate surface area is 241 Å². The zero-order valence-electron chi connectivity index (χ0n) is 23.4. The summed E-state index contributed by atoms with van der Waals surface area (Å²) in [6.07, 6.45) is 6.12. The molecule has 1 saturated heterocycles. The molecule has 0 radical (unpaired) electrons. The van der Waals surface area contributed by atoms with Gasteiger partial charge < -0.3 is 30.3 Å². The van der Waals surface area contributed by atoms with Crippen molar-refractivity contribution in [3.63, 3.8) is 0 Å². The maximum atomic E-state index is 13.5.